The molecule has 0 saturated heterocycles. The van der Waals surface area contributed by atoms with E-state index in [1.807, 2.05) is 0 Å². The highest BCUT2D eigenvalue weighted by Crippen LogP contribution is 2.52. The average molecular weight is 385 g/mol. The second kappa shape index (κ2) is 4.73. The van der Waals surface area contributed by atoms with Crippen LogP contribution in [0.4, 0.5) is 0 Å². The Balaban J connectivity index is 1.52. The van der Waals surface area contributed by atoms with E-state index in [2.05, 4.69) is 92.2 Å². The Kier molecular flexibility index (Phi) is 2.30. The van der Waals surface area contributed by atoms with Gasteiger partial charge in [0.25, 0.3) is 0 Å². The minimum Gasteiger partial charge on any atom is -0.0653 e. The van der Waals surface area contributed by atoms with Gasteiger partial charge in [0.15, 0.2) is 7.28 Å². The minimum atomic E-state index is 1.34. The maximum absolute atomic E-state index is 2.46. The van der Waals surface area contributed by atoms with Gasteiger partial charge in [-0.3, -0.25) is 0 Å². The van der Waals surface area contributed by atoms with Crippen molar-refractivity contribution in [3.05, 3.63) is 106 Å². The van der Waals surface area contributed by atoms with Crippen LogP contribution in [0, 0.1) is 0 Å². The molecule has 9 rings (SSSR count). The van der Waals surface area contributed by atoms with Gasteiger partial charge in [-0.15, -0.1) is 0 Å². The van der Waals surface area contributed by atoms with Crippen molar-refractivity contribution in [1.29, 1.82) is 0 Å². The zero-order valence-corrected chi connectivity index (χ0v) is 16.7. The zero-order chi connectivity index (χ0) is 19.8. The molecule has 0 atom stereocenters. The Bertz CT molecular complexity index is 1830. The second-order valence-electron chi connectivity index (χ2n) is 9.08. The molecule has 0 N–H and O–H groups in total. The van der Waals surface area contributed by atoms with Gasteiger partial charge in [0.2, 0.25) is 0 Å². The van der Waals surface area contributed by atoms with E-state index in [4.69, 9.17) is 0 Å². The van der Waals surface area contributed by atoms with Crippen LogP contribution >= 0.6 is 0 Å². The molecule has 0 amide bonds. The summed E-state index contributed by atoms with van der Waals surface area (Å²) >= 11 is 0. The first kappa shape index (κ1) is 15.0. The molecule has 0 saturated carbocycles. The topological polar surface area (TPSA) is 0 Å². The highest BCUT2D eigenvalue weighted by molar-refractivity contribution is 6.90. The van der Waals surface area contributed by atoms with E-state index in [0.717, 1.165) is 0 Å². The van der Waals surface area contributed by atoms with E-state index < -0.39 is 0 Å². The molecule has 0 spiro atoms. The first-order chi connectivity index (χ1) is 15.4. The van der Waals surface area contributed by atoms with Crippen molar-refractivity contribution >= 4 is 72.5 Å². The number of hydrogen-bond acceptors (Lipinski definition) is 0. The van der Waals surface area contributed by atoms with Crippen LogP contribution in [-0.2, 0) is 0 Å². The normalized spacial score (nSPS) is 15.7. The van der Waals surface area contributed by atoms with E-state index in [0.29, 0.717) is 0 Å². The van der Waals surface area contributed by atoms with Crippen molar-refractivity contribution in [3.63, 3.8) is 0 Å². The van der Waals surface area contributed by atoms with Crippen LogP contribution in [0.25, 0.3) is 65.2 Å². The van der Waals surface area contributed by atoms with Crippen LogP contribution in [-0.4, -0.2) is 7.28 Å². The summed E-state index contributed by atoms with van der Waals surface area (Å²) in [5.74, 6) is 0. The highest BCUT2D eigenvalue weighted by atomic mass is 14.3. The van der Waals surface area contributed by atoms with E-state index >= 15 is 0 Å². The predicted molar refractivity (Wildman–Crippen MR) is 133 cm³/mol. The lowest BCUT2D eigenvalue weighted by Gasteiger charge is -2.11. The van der Waals surface area contributed by atoms with Gasteiger partial charge >= 0.3 is 0 Å². The third-order valence-corrected chi connectivity index (χ3v) is 7.75. The third-order valence-electron chi connectivity index (χ3n) is 7.75. The zero-order valence-electron chi connectivity index (χ0n) is 16.7. The molecule has 31 heavy (non-hydrogen) atoms. The molecular weight excluding hydrogens is 371 g/mol. The maximum atomic E-state index is 2.46. The molecule has 3 aliphatic rings. The molecule has 1 aliphatic heterocycles. The van der Waals surface area contributed by atoms with Crippen LogP contribution < -0.4 is 10.4 Å². The molecule has 0 nitrogen and oxygen atoms in total. The molecule has 1 radical (unpaired) electrons. The molecule has 1 heteroatoms. The first-order valence-electron chi connectivity index (χ1n) is 11.0. The Labute approximate surface area is 179 Å². The van der Waals surface area contributed by atoms with Crippen molar-refractivity contribution < 1.29 is 0 Å². The number of rotatable bonds is 0. The van der Waals surface area contributed by atoms with E-state index in [1.165, 1.54) is 86.7 Å². The lowest BCUT2D eigenvalue weighted by Crippen LogP contribution is -2.10. The fraction of sp³-hybridized carbons (Fsp3) is 0. The minimum absolute atomic E-state index is 1.34. The van der Waals surface area contributed by atoms with Gasteiger partial charge < -0.3 is 0 Å². The standard InChI is InChI=1S/C30H14B/c1-3-15-7-11-19-25-21(13-9-17(5-1)23(15)25)29-27(19)28-20-12-8-16-4-2-6-18-10-14-22(30(28)31-29)26(20)24(16)18/h1-14H. The average Bonchev–Trinajstić information content (AvgIpc) is 3.44. The lowest BCUT2D eigenvalue weighted by molar-refractivity contribution is 1.70. The van der Waals surface area contributed by atoms with Crippen LogP contribution in [0.1, 0.15) is 11.1 Å². The Hall–Kier alpha value is -3.84. The van der Waals surface area contributed by atoms with Crippen LogP contribution in [0.3, 0.4) is 0 Å². The van der Waals surface area contributed by atoms with Crippen molar-refractivity contribution in [3.8, 4) is 0 Å². The Morgan fingerprint density at radius 1 is 0.387 bits per heavy atom. The quantitative estimate of drug-likeness (QED) is 0.298. The Morgan fingerprint density at radius 2 is 0.806 bits per heavy atom. The third kappa shape index (κ3) is 1.52. The molecule has 0 bridgehead atoms. The van der Waals surface area contributed by atoms with Gasteiger partial charge in [0.05, 0.1) is 0 Å². The van der Waals surface area contributed by atoms with Crippen molar-refractivity contribution in [2.45, 2.75) is 0 Å². The smallest absolute Gasteiger partial charge is 0.0653 e. The van der Waals surface area contributed by atoms with Gasteiger partial charge in [0, 0.05) is 0 Å². The largest absolute Gasteiger partial charge is 0.194 e. The SMILES string of the molecule is [B]1C2=c3ccc4cccc5ccc(c3c54)C2=C2C1=c1ccc3cccc4ccc2c1c43. The van der Waals surface area contributed by atoms with E-state index in [9.17, 15) is 0 Å². The van der Waals surface area contributed by atoms with Gasteiger partial charge in [-0.25, -0.2) is 0 Å². The van der Waals surface area contributed by atoms with Crippen molar-refractivity contribution in [2.24, 2.45) is 0 Å². The molecule has 1 heterocycles. The first-order valence-corrected chi connectivity index (χ1v) is 11.0. The second-order valence-corrected chi connectivity index (χ2v) is 9.08. The summed E-state index contributed by atoms with van der Waals surface area (Å²) in [4.78, 5) is 0. The number of hydrogen-bond donors (Lipinski definition) is 0. The van der Waals surface area contributed by atoms with Crippen molar-refractivity contribution in [2.75, 3.05) is 0 Å². The fourth-order valence-corrected chi connectivity index (χ4v) is 6.57. The molecule has 0 unspecified atom stereocenters. The number of allylic oxidation sites excluding steroid dienone is 2. The lowest BCUT2D eigenvalue weighted by atomic mass is 9.65. The molecule has 137 valence electrons. The molecule has 6 aromatic carbocycles. The predicted octanol–water partition coefficient (Wildman–Crippen LogP) is 5.61. The summed E-state index contributed by atoms with van der Waals surface area (Å²) < 4.78 is 0. The highest BCUT2D eigenvalue weighted by Gasteiger charge is 2.37. The molecule has 0 aromatic heterocycles. The molecule has 6 aromatic rings. The summed E-state index contributed by atoms with van der Waals surface area (Å²) in [6.45, 7) is 0. The van der Waals surface area contributed by atoms with Gasteiger partial charge in [0.1, 0.15) is 0 Å². The van der Waals surface area contributed by atoms with E-state index in [1.54, 1.807) is 0 Å². The number of benzene rings is 6. The summed E-state index contributed by atoms with van der Waals surface area (Å²) in [7, 11) is 2.46. The maximum Gasteiger partial charge on any atom is 0.194 e. The molecule has 2 aliphatic carbocycles. The monoisotopic (exact) mass is 385 g/mol. The Morgan fingerprint density at radius 3 is 1.26 bits per heavy atom. The fourth-order valence-electron chi connectivity index (χ4n) is 6.57. The van der Waals surface area contributed by atoms with E-state index in [-0.39, 0.29) is 0 Å². The summed E-state index contributed by atoms with van der Waals surface area (Å²) in [6.07, 6.45) is 0. The van der Waals surface area contributed by atoms with Crippen LogP contribution in [0.5, 0.6) is 0 Å². The molecule has 0 fully saturated rings. The van der Waals surface area contributed by atoms with Crippen LogP contribution in [0.2, 0.25) is 0 Å². The molecular formula is C30H14B. The van der Waals surface area contributed by atoms with Gasteiger partial charge in [-0.1, -0.05) is 95.9 Å². The van der Waals surface area contributed by atoms with Crippen LogP contribution in [0.15, 0.2) is 84.9 Å². The summed E-state index contributed by atoms with van der Waals surface area (Å²) in [6, 6.07) is 31.9. The van der Waals surface area contributed by atoms with Gasteiger partial charge in [-0.2, -0.15) is 0 Å². The summed E-state index contributed by atoms with van der Waals surface area (Å²) in [5.41, 5.74) is 8.49. The van der Waals surface area contributed by atoms with Crippen molar-refractivity contribution in [1.82, 2.24) is 0 Å². The summed E-state index contributed by atoms with van der Waals surface area (Å²) in [5, 5.41) is 13.8. The van der Waals surface area contributed by atoms with Gasteiger partial charge in [-0.05, 0) is 75.8 Å². The number of fused-ring (bicyclic) bond motifs is 4.